The molecular weight excluding hydrogens is 462 g/mol. The minimum absolute atomic E-state index is 0.0632. The van der Waals surface area contributed by atoms with Crippen molar-refractivity contribution in [3.63, 3.8) is 0 Å². The Hall–Kier alpha value is -3.36. The van der Waals surface area contributed by atoms with Crippen LogP contribution in [0.4, 0.5) is 9.59 Å². The molecule has 2 atom stereocenters. The third-order valence-corrected chi connectivity index (χ3v) is 6.08. The average molecular weight is 500 g/mol. The van der Waals surface area contributed by atoms with Crippen LogP contribution in [-0.2, 0) is 19.7 Å². The number of carboxylic acid groups (broad SMARTS) is 1. The van der Waals surface area contributed by atoms with Gasteiger partial charge in [-0.2, -0.15) is 0 Å². The number of hydrogen-bond acceptors (Lipinski definition) is 6. The molecule has 1 aliphatic rings. The van der Waals surface area contributed by atoms with Crippen LogP contribution < -0.4 is 0 Å². The Labute approximate surface area is 212 Å². The summed E-state index contributed by atoms with van der Waals surface area (Å²) in [4.78, 5) is 43.1. The Morgan fingerprint density at radius 1 is 1.08 bits per heavy atom. The van der Waals surface area contributed by atoms with Crippen LogP contribution in [0.1, 0.15) is 72.1 Å². The zero-order chi connectivity index (χ0) is 26.9. The first-order valence-corrected chi connectivity index (χ1v) is 12.2. The summed E-state index contributed by atoms with van der Waals surface area (Å²) in [5.74, 6) is -1.08. The molecule has 9 nitrogen and oxygen atoms in total. The number of carboxylic acids is 1. The highest BCUT2D eigenvalue weighted by Crippen LogP contribution is 2.56. The number of imide groups is 1. The summed E-state index contributed by atoms with van der Waals surface area (Å²) in [5, 5.41) is 10.1. The third-order valence-electron chi connectivity index (χ3n) is 6.08. The van der Waals surface area contributed by atoms with E-state index in [1.165, 1.54) is 0 Å². The molecular formula is C27H37N3O6. The van der Waals surface area contributed by atoms with E-state index in [4.69, 9.17) is 9.47 Å². The molecule has 1 fully saturated rings. The van der Waals surface area contributed by atoms with Crippen LogP contribution >= 0.6 is 0 Å². The molecule has 1 aromatic carbocycles. The lowest BCUT2D eigenvalue weighted by Crippen LogP contribution is -2.44. The van der Waals surface area contributed by atoms with E-state index in [9.17, 15) is 19.5 Å². The quantitative estimate of drug-likeness (QED) is 0.537. The molecule has 196 valence electrons. The Bertz CT molecular complexity index is 1100. The lowest BCUT2D eigenvalue weighted by molar-refractivity contribution is -0.140. The largest absolute Gasteiger partial charge is 0.481 e. The van der Waals surface area contributed by atoms with Crippen molar-refractivity contribution in [3.8, 4) is 5.69 Å². The molecule has 1 aliphatic carbocycles. The zero-order valence-corrected chi connectivity index (χ0v) is 22.2. The predicted molar refractivity (Wildman–Crippen MR) is 134 cm³/mol. The summed E-state index contributed by atoms with van der Waals surface area (Å²) in [6.07, 6.45) is 3.23. The normalized spacial score (nSPS) is 19.5. The van der Waals surface area contributed by atoms with Gasteiger partial charge in [-0.05, 0) is 85.3 Å². The van der Waals surface area contributed by atoms with Crippen molar-refractivity contribution in [2.45, 2.75) is 84.3 Å². The van der Waals surface area contributed by atoms with Crippen molar-refractivity contribution in [2.24, 2.45) is 5.92 Å². The number of benzene rings is 1. The summed E-state index contributed by atoms with van der Waals surface area (Å²) < 4.78 is 12.6. The number of para-hydroxylation sites is 1. The van der Waals surface area contributed by atoms with Gasteiger partial charge < -0.3 is 19.1 Å². The summed E-state index contributed by atoms with van der Waals surface area (Å²) in [6, 6.07) is 7.82. The Morgan fingerprint density at radius 2 is 1.67 bits per heavy atom. The fourth-order valence-electron chi connectivity index (χ4n) is 4.29. The van der Waals surface area contributed by atoms with Gasteiger partial charge in [0, 0.05) is 18.4 Å². The van der Waals surface area contributed by atoms with Crippen LogP contribution in [0.25, 0.3) is 5.69 Å². The standard InChI is InChI=1S/C27H37N3O6/c1-18-11-8-9-13-20(18)29-16-21(28-17-29)27(22(31)32)15-19(27)12-10-14-30(23(33)35-25(2,3)4)24(34)36-26(5,6)7/h8-9,11,13,16-17,19H,10,12,14-15H2,1-7H3,(H,31,32). The molecule has 1 aromatic heterocycles. The molecule has 0 bridgehead atoms. The molecule has 0 aliphatic heterocycles. The molecule has 3 rings (SSSR count). The van der Waals surface area contributed by atoms with Gasteiger partial charge in [0.1, 0.15) is 16.6 Å². The molecule has 0 saturated heterocycles. The fourth-order valence-corrected chi connectivity index (χ4v) is 4.29. The third kappa shape index (κ3) is 6.25. The number of rotatable bonds is 7. The SMILES string of the molecule is Cc1ccccc1-n1cnc(C2(C(=O)O)CC2CCCN(C(=O)OC(C)(C)C)C(=O)OC(C)(C)C)c1. The molecule has 1 N–H and O–H groups in total. The van der Waals surface area contributed by atoms with Crippen molar-refractivity contribution >= 4 is 18.2 Å². The van der Waals surface area contributed by atoms with Crippen LogP contribution in [0.3, 0.4) is 0 Å². The van der Waals surface area contributed by atoms with Crippen molar-refractivity contribution < 1.29 is 29.0 Å². The lowest BCUT2D eigenvalue weighted by Gasteiger charge is -2.28. The van der Waals surface area contributed by atoms with Gasteiger partial charge in [0.2, 0.25) is 0 Å². The van der Waals surface area contributed by atoms with Gasteiger partial charge in [-0.25, -0.2) is 19.5 Å². The maximum absolute atomic E-state index is 12.7. The summed E-state index contributed by atoms with van der Waals surface area (Å²) >= 11 is 0. The van der Waals surface area contributed by atoms with Gasteiger partial charge in [-0.1, -0.05) is 18.2 Å². The first kappa shape index (κ1) is 27.2. The van der Waals surface area contributed by atoms with E-state index in [0.717, 1.165) is 16.2 Å². The van der Waals surface area contributed by atoms with Gasteiger partial charge in [0.15, 0.2) is 0 Å². The summed E-state index contributed by atoms with van der Waals surface area (Å²) in [6.45, 7) is 12.4. The smallest absolute Gasteiger partial charge is 0.419 e. The highest BCUT2D eigenvalue weighted by atomic mass is 16.6. The number of carbonyl (C=O) groups excluding carboxylic acids is 2. The van der Waals surface area contributed by atoms with Crippen LogP contribution in [0, 0.1) is 12.8 Å². The number of aryl methyl sites for hydroxylation is 1. The lowest BCUT2D eigenvalue weighted by atomic mass is 9.97. The average Bonchev–Trinajstić information content (AvgIpc) is 3.26. The molecule has 1 saturated carbocycles. The molecule has 0 radical (unpaired) electrons. The topological polar surface area (TPSA) is 111 Å². The highest BCUT2D eigenvalue weighted by molar-refractivity contribution is 5.88. The summed E-state index contributed by atoms with van der Waals surface area (Å²) in [5.41, 5.74) is -0.109. The van der Waals surface area contributed by atoms with Crippen LogP contribution in [-0.4, -0.2) is 55.5 Å². The van der Waals surface area contributed by atoms with E-state index in [2.05, 4.69) is 4.98 Å². The number of aliphatic carboxylic acids is 1. The van der Waals surface area contributed by atoms with Crippen LogP contribution in [0.15, 0.2) is 36.8 Å². The van der Waals surface area contributed by atoms with Crippen molar-refractivity contribution in [1.29, 1.82) is 0 Å². The van der Waals surface area contributed by atoms with Crippen LogP contribution in [0.2, 0.25) is 0 Å². The maximum atomic E-state index is 12.7. The Kier molecular flexibility index (Phi) is 7.53. The molecule has 0 spiro atoms. The van der Waals surface area contributed by atoms with Crippen molar-refractivity contribution in [1.82, 2.24) is 14.5 Å². The second kappa shape index (κ2) is 9.95. The minimum Gasteiger partial charge on any atom is -0.481 e. The number of hydrogen-bond donors (Lipinski definition) is 1. The second-order valence-corrected chi connectivity index (χ2v) is 11.4. The van der Waals surface area contributed by atoms with Gasteiger partial charge in [0.25, 0.3) is 0 Å². The number of nitrogens with zero attached hydrogens (tertiary/aromatic N) is 3. The number of aromatic nitrogens is 2. The van der Waals surface area contributed by atoms with Crippen molar-refractivity contribution in [3.05, 3.63) is 48.0 Å². The van der Waals surface area contributed by atoms with E-state index in [1.54, 1.807) is 54.1 Å². The van der Waals surface area contributed by atoms with E-state index in [-0.39, 0.29) is 12.5 Å². The number of carbonyl (C=O) groups is 3. The van der Waals surface area contributed by atoms with E-state index in [1.807, 2.05) is 35.8 Å². The van der Waals surface area contributed by atoms with Crippen molar-refractivity contribution in [2.75, 3.05) is 6.54 Å². The molecule has 1 heterocycles. The number of amides is 2. The van der Waals surface area contributed by atoms with E-state index >= 15 is 0 Å². The first-order valence-electron chi connectivity index (χ1n) is 12.2. The molecule has 2 aromatic rings. The number of ether oxygens (including phenoxy) is 2. The highest BCUT2D eigenvalue weighted by Gasteiger charge is 2.62. The van der Waals surface area contributed by atoms with E-state index < -0.39 is 34.8 Å². The molecule has 2 unspecified atom stereocenters. The second-order valence-electron chi connectivity index (χ2n) is 11.4. The Balaban J connectivity index is 1.70. The van der Waals surface area contributed by atoms with E-state index in [0.29, 0.717) is 25.0 Å². The molecule has 2 amide bonds. The van der Waals surface area contributed by atoms with Crippen LogP contribution in [0.5, 0.6) is 0 Å². The number of imidazole rings is 1. The van der Waals surface area contributed by atoms with Gasteiger partial charge in [0.05, 0.1) is 12.0 Å². The first-order chi connectivity index (χ1) is 16.6. The fraction of sp³-hybridized carbons (Fsp3) is 0.556. The summed E-state index contributed by atoms with van der Waals surface area (Å²) in [7, 11) is 0. The zero-order valence-electron chi connectivity index (χ0n) is 22.2. The van der Waals surface area contributed by atoms with Gasteiger partial charge in [-0.3, -0.25) is 4.79 Å². The minimum atomic E-state index is -1.07. The molecule has 9 heteroatoms. The predicted octanol–water partition coefficient (Wildman–Crippen LogP) is 5.48. The Morgan fingerprint density at radius 3 is 2.19 bits per heavy atom. The van der Waals surface area contributed by atoms with Gasteiger partial charge in [-0.15, -0.1) is 0 Å². The maximum Gasteiger partial charge on any atom is 0.419 e. The monoisotopic (exact) mass is 499 g/mol. The molecule has 36 heavy (non-hydrogen) atoms. The van der Waals surface area contributed by atoms with Gasteiger partial charge >= 0.3 is 18.2 Å².